The number of halogens is 3. The van der Waals surface area contributed by atoms with Crippen molar-refractivity contribution < 1.29 is 37.0 Å². The second-order valence-corrected chi connectivity index (χ2v) is 5.88. The van der Waals surface area contributed by atoms with Crippen molar-refractivity contribution in [2.24, 2.45) is 0 Å². The third-order valence-corrected chi connectivity index (χ3v) is 4.06. The first kappa shape index (κ1) is 21.1. The minimum absolute atomic E-state index is 0.0343. The molecule has 1 aromatic rings. The van der Waals surface area contributed by atoms with Crippen LogP contribution in [0.2, 0.25) is 0 Å². The molecule has 0 aromatic heterocycles. The molecule has 2 amide bonds. The molecule has 1 unspecified atom stereocenters. The highest BCUT2D eigenvalue weighted by atomic mass is 19.4. The normalized spacial score (nSPS) is 17.3. The van der Waals surface area contributed by atoms with Gasteiger partial charge in [-0.3, -0.25) is 20.4 Å². The van der Waals surface area contributed by atoms with Gasteiger partial charge in [0, 0.05) is 0 Å². The highest BCUT2D eigenvalue weighted by Crippen LogP contribution is 2.39. The number of alkyl halides is 3. The Morgan fingerprint density at radius 3 is 2.48 bits per heavy atom. The summed E-state index contributed by atoms with van der Waals surface area (Å²) >= 11 is 0. The summed E-state index contributed by atoms with van der Waals surface area (Å²) < 4.78 is 57.2. The third kappa shape index (κ3) is 5.65. The van der Waals surface area contributed by atoms with Crippen molar-refractivity contribution in [2.45, 2.75) is 43.9 Å². The number of nitrogens with one attached hydrogen (secondary N) is 2. The van der Waals surface area contributed by atoms with Crippen molar-refractivity contribution in [1.29, 1.82) is 0 Å². The Balaban J connectivity index is 2.15. The molecule has 2 rings (SSSR count). The van der Waals surface area contributed by atoms with Crippen LogP contribution in [0.4, 0.5) is 13.2 Å². The monoisotopic (exact) mass is 390 g/mol. The van der Waals surface area contributed by atoms with Crippen LogP contribution in [0.1, 0.15) is 24.8 Å². The smallest absolute Gasteiger partial charge is 0.352 e. The van der Waals surface area contributed by atoms with E-state index in [9.17, 15) is 22.8 Å². The molecular weight excluding hydrogens is 369 g/mol. The van der Waals surface area contributed by atoms with E-state index in [-0.39, 0.29) is 19.3 Å². The fourth-order valence-corrected chi connectivity index (χ4v) is 2.67. The molecule has 1 aliphatic rings. The zero-order valence-electron chi connectivity index (χ0n) is 14.5. The molecule has 1 aromatic carbocycles. The Morgan fingerprint density at radius 2 is 1.89 bits per heavy atom. The average Bonchev–Trinajstić information content (AvgIpc) is 3.15. The van der Waals surface area contributed by atoms with Gasteiger partial charge in [0.15, 0.2) is 6.29 Å². The van der Waals surface area contributed by atoms with Gasteiger partial charge < -0.3 is 14.2 Å². The minimum atomic E-state index is -5.01. The first-order chi connectivity index (χ1) is 12.9. The molecule has 7 nitrogen and oxygen atoms in total. The van der Waals surface area contributed by atoms with Gasteiger partial charge in [-0.25, -0.2) is 0 Å². The molecule has 1 aliphatic heterocycles. The standard InChI is InChI=1S/C17H21F3N2O5/c18-17(19,20)16(15(24)22-21-12-23,8-4-7-14-25-9-10-26-14)27-11-13-5-2-1-3-6-13/h1-3,5-6,12,14H,4,7-11H2,(H,21,23)(H,22,24). The van der Waals surface area contributed by atoms with Crippen molar-refractivity contribution in [2.75, 3.05) is 13.2 Å². The Hall–Kier alpha value is -2.17. The number of benzene rings is 1. The first-order valence-electron chi connectivity index (χ1n) is 8.36. The summed E-state index contributed by atoms with van der Waals surface area (Å²) in [5.74, 6) is -1.49. The molecule has 0 spiro atoms. The molecule has 1 heterocycles. The van der Waals surface area contributed by atoms with Crippen LogP contribution in [0.15, 0.2) is 30.3 Å². The van der Waals surface area contributed by atoms with E-state index in [1.165, 1.54) is 0 Å². The average molecular weight is 390 g/mol. The number of amides is 2. The van der Waals surface area contributed by atoms with E-state index in [4.69, 9.17) is 14.2 Å². The number of hydrogen-bond acceptors (Lipinski definition) is 5. The molecule has 0 aliphatic carbocycles. The Kier molecular flexibility index (Phi) is 7.57. The molecule has 150 valence electrons. The SMILES string of the molecule is O=CNNC(=O)C(CCCC1OCCO1)(OCc1ccccc1)C(F)(F)F. The second-order valence-electron chi connectivity index (χ2n) is 5.88. The van der Waals surface area contributed by atoms with Gasteiger partial charge in [0.05, 0.1) is 19.8 Å². The Morgan fingerprint density at radius 1 is 1.22 bits per heavy atom. The van der Waals surface area contributed by atoms with Crippen molar-refractivity contribution >= 4 is 12.3 Å². The maximum absolute atomic E-state index is 13.9. The van der Waals surface area contributed by atoms with Crippen LogP contribution in [0.3, 0.4) is 0 Å². The van der Waals surface area contributed by atoms with Crippen molar-refractivity contribution in [3.63, 3.8) is 0 Å². The van der Waals surface area contributed by atoms with Gasteiger partial charge in [-0.15, -0.1) is 0 Å². The van der Waals surface area contributed by atoms with Gasteiger partial charge in [-0.1, -0.05) is 30.3 Å². The molecule has 1 atom stereocenters. The summed E-state index contributed by atoms with van der Waals surface area (Å²) in [7, 11) is 0. The highest BCUT2D eigenvalue weighted by Gasteiger charge is 2.61. The van der Waals surface area contributed by atoms with Crippen molar-refractivity contribution in [1.82, 2.24) is 10.9 Å². The molecule has 1 fully saturated rings. The lowest BCUT2D eigenvalue weighted by molar-refractivity contribution is -0.274. The highest BCUT2D eigenvalue weighted by molar-refractivity contribution is 5.86. The number of hydrogen-bond donors (Lipinski definition) is 2. The topological polar surface area (TPSA) is 85.9 Å². The minimum Gasteiger partial charge on any atom is -0.352 e. The fraction of sp³-hybridized carbons (Fsp3) is 0.529. The van der Waals surface area contributed by atoms with E-state index in [0.29, 0.717) is 18.8 Å². The largest absolute Gasteiger partial charge is 0.426 e. The lowest BCUT2D eigenvalue weighted by Gasteiger charge is -2.34. The van der Waals surface area contributed by atoms with Crippen molar-refractivity contribution in [3.8, 4) is 0 Å². The quantitative estimate of drug-likeness (QED) is 0.470. The maximum Gasteiger partial charge on any atom is 0.426 e. The van der Waals surface area contributed by atoms with Crippen LogP contribution in [0, 0.1) is 0 Å². The lowest BCUT2D eigenvalue weighted by atomic mass is 9.94. The van der Waals surface area contributed by atoms with E-state index >= 15 is 0 Å². The number of carbonyl (C=O) groups excluding carboxylic acids is 2. The van der Waals surface area contributed by atoms with E-state index in [0.717, 1.165) is 0 Å². The molecule has 0 bridgehead atoms. The molecule has 2 N–H and O–H groups in total. The summed E-state index contributed by atoms with van der Waals surface area (Å²) in [4.78, 5) is 22.7. The fourth-order valence-electron chi connectivity index (χ4n) is 2.67. The van der Waals surface area contributed by atoms with E-state index in [1.54, 1.807) is 41.2 Å². The predicted octanol–water partition coefficient (Wildman–Crippen LogP) is 1.82. The van der Waals surface area contributed by atoms with Gasteiger partial charge in [-0.2, -0.15) is 13.2 Å². The molecule has 0 saturated carbocycles. The van der Waals surface area contributed by atoms with E-state index in [2.05, 4.69) is 0 Å². The number of hydrazine groups is 1. The van der Waals surface area contributed by atoms with Crippen molar-refractivity contribution in [3.05, 3.63) is 35.9 Å². The Bertz CT molecular complexity index is 608. The van der Waals surface area contributed by atoms with Gasteiger partial charge >= 0.3 is 6.18 Å². The Labute approximate surface area is 154 Å². The van der Waals surface area contributed by atoms with Gasteiger partial charge in [-0.05, 0) is 24.8 Å². The van der Waals surface area contributed by atoms with Crippen LogP contribution in [0.5, 0.6) is 0 Å². The zero-order chi connectivity index (χ0) is 19.8. The number of rotatable bonds is 10. The number of ether oxygens (including phenoxy) is 3. The summed E-state index contributed by atoms with van der Waals surface area (Å²) in [6.45, 7) is 0.331. The van der Waals surface area contributed by atoms with Crippen LogP contribution >= 0.6 is 0 Å². The van der Waals surface area contributed by atoms with Gasteiger partial charge in [0.25, 0.3) is 5.91 Å². The molecular formula is C17H21F3N2O5. The summed E-state index contributed by atoms with van der Waals surface area (Å²) in [5, 5.41) is 0. The molecule has 0 radical (unpaired) electrons. The number of carbonyl (C=O) groups is 2. The van der Waals surface area contributed by atoms with Crippen LogP contribution in [-0.4, -0.2) is 43.6 Å². The maximum atomic E-state index is 13.9. The summed E-state index contributed by atoms with van der Waals surface area (Å²) in [5.41, 5.74) is 0.825. The molecule has 10 heteroatoms. The van der Waals surface area contributed by atoms with Gasteiger partial charge in [0.1, 0.15) is 0 Å². The van der Waals surface area contributed by atoms with Crippen LogP contribution in [0.25, 0.3) is 0 Å². The second kappa shape index (κ2) is 9.67. The zero-order valence-corrected chi connectivity index (χ0v) is 14.5. The predicted molar refractivity (Wildman–Crippen MR) is 86.9 cm³/mol. The molecule has 27 heavy (non-hydrogen) atoms. The van der Waals surface area contributed by atoms with Crippen LogP contribution in [-0.2, 0) is 30.4 Å². The first-order valence-corrected chi connectivity index (χ1v) is 8.36. The van der Waals surface area contributed by atoms with Crippen LogP contribution < -0.4 is 10.9 Å². The molecule has 1 saturated heterocycles. The summed E-state index contributed by atoms with van der Waals surface area (Å²) in [6, 6.07) is 8.18. The van der Waals surface area contributed by atoms with E-state index < -0.39 is 37.0 Å². The van der Waals surface area contributed by atoms with Gasteiger partial charge in [0.2, 0.25) is 12.0 Å². The summed E-state index contributed by atoms with van der Waals surface area (Å²) in [6.07, 6.45) is -6.04. The van der Waals surface area contributed by atoms with E-state index in [1.807, 2.05) is 0 Å². The lowest BCUT2D eigenvalue weighted by Crippen LogP contribution is -2.61. The third-order valence-electron chi connectivity index (χ3n) is 4.06.